The molecule has 3 rings (SSSR count). The molecule has 96 valence electrons. The van der Waals surface area contributed by atoms with E-state index in [0.717, 1.165) is 22.2 Å². The van der Waals surface area contributed by atoms with Gasteiger partial charge in [-0.05, 0) is 38.1 Å². The first-order chi connectivity index (χ1) is 9.15. The molecule has 2 aromatic heterocycles. The number of aromatic nitrogens is 2. The predicted molar refractivity (Wildman–Crippen MR) is 72.2 cm³/mol. The number of hydrogen-bond donors (Lipinski definition) is 2. The Balaban J connectivity index is 1.89. The molecule has 0 saturated heterocycles. The van der Waals surface area contributed by atoms with Crippen molar-refractivity contribution < 1.29 is 9.32 Å². The molecule has 1 amide bonds. The third-order valence-corrected chi connectivity index (χ3v) is 3.20. The Hall–Kier alpha value is -2.56. The maximum atomic E-state index is 12.1. The number of fused-ring (bicyclic) bond motifs is 1. The Bertz CT molecular complexity index is 755. The van der Waals surface area contributed by atoms with Gasteiger partial charge in [-0.15, -0.1) is 0 Å². The zero-order valence-corrected chi connectivity index (χ0v) is 10.7. The van der Waals surface area contributed by atoms with Gasteiger partial charge in [-0.3, -0.25) is 10.1 Å². The van der Waals surface area contributed by atoms with Gasteiger partial charge in [-0.2, -0.15) is 0 Å². The normalized spacial score (nSPS) is 10.8. The molecule has 2 N–H and O–H groups in total. The average molecular weight is 255 g/mol. The van der Waals surface area contributed by atoms with Crippen LogP contribution in [0.4, 0.5) is 5.88 Å². The molecule has 0 atom stereocenters. The van der Waals surface area contributed by atoms with Crippen LogP contribution in [0, 0.1) is 13.8 Å². The average Bonchev–Trinajstić information content (AvgIpc) is 2.99. The fourth-order valence-corrected chi connectivity index (χ4v) is 1.90. The Morgan fingerprint density at radius 3 is 2.89 bits per heavy atom. The molecule has 3 aromatic rings. The number of rotatable bonds is 2. The van der Waals surface area contributed by atoms with E-state index in [1.54, 1.807) is 6.07 Å². The van der Waals surface area contributed by atoms with Gasteiger partial charge in [-0.1, -0.05) is 5.16 Å². The van der Waals surface area contributed by atoms with E-state index < -0.39 is 0 Å². The molecular formula is C14H13N3O2. The van der Waals surface area contributed by atoms with E-state index in [1.165, 1.54) is 0 Å². The number of carbonyl (C=O) groups is 1. The summed E-state index contributed by atoms with van der Waals surface area (Å²) in [6.07, 6.45) is 1.84. The minimum Gasteiger partial charge on any atom is -0.361 e. The van der Waals surface area contributed by atoms with Crippen molar-refractivity contribution in [1.29, 1.82) is 0 Å². The highest BCUT2D eigenvalue weighted by Gasteiger charge is 2.13. The molecule has 0 aliphatic rings. The van der Waals surface area contributed by atoms with Gasteiger partial charge in [0.05, 0.1) is 5.69 Å². The Labute approximate surface area is 109 Å². The number of amides is 1. The molecule has 0 bridgehead atoms. The van der Waals surface area contributed by atoms with Gasteiger partial charge in [0.25, 0.3) is 5.91 Å². The largest absolute Gasteiger partial charge is 0.361 e. The van der Waals surface area contributed by atoms with Crippen LogP contribution in [0.3, 0.4) is 0 Å². The summed E-state index contributed by atoms with van der Waals surface area (Å²) in [6, 6.07) is 7.41. The summed E-state index contributed by atoms with van der Waals surface area (Å²) in [4.78, 5) is 15.2. The second-order valence-electron chi connectivity index (χ2n) is 4.46. The minimum absolute atomic E-state index is 0.206. The Morgan fingerprint density at radius 1 is 1.32 bits per heavy atom. The van der Waals surface area contributed by atoms with Crippen LogP contribution < -0.4 is 5.32 Å². The van der Waals surface area contributed by atoms with Gasteiger partial charge < -0.3 is 9.51 Å². The number of aryl methyl sites for hydroxylation is 1. The monoisotopic (exact) mass is 255 g/mol. The maximum absolute atomic E-state index is 12.1. The molecule has 0 spiro atoms. The second kappa shape index (κ2) is 4.28. The first-order valence-electron chi connectivity index (χ1n) is 5.96. The third kappa shape index (κ3) is 1.99. The number of aromatic amines is 1. The van der Waals surface area contributed by atoms with E-state index in [9.17, 15) is 4.79 Å². The number of anilines is 1. The molecule has 5 heteroatoms. The lowest BCUT2D eigenvalue weighted by Gasteiger charge is -2.02. The van der Waals surface area contributed by atoms with Crippen LogP contribution in [0.1, 0.15) is 21.6 Å². The summed E-state index contributed by atoms with van der Waals surface area (Å²) >= 11 is 0. The molecule has 0 fully saturated rings. The molecule has 1 aromatic carbocycles. The van der Waals surface area contributed by atoms with Crippen molar-refractivity contribution in [2.75, 3.05) is 5.32 Å². The van der Waals surface area contributed by atoms with Gasteiger partial charge in [-0.25, -0.2) is 0 Å². The van der Waals surface area contributed by atoms with Gasteiger partial charge in [0.15, 0.2) is 0 Å². The zero-order chi connectivity index (χ0) is 13.4. The summed E-state index contributed by atoms with van der Waals surface area (Å²) in [6.45, 7) is 3.69. The lowest BCUT2D eigenvalue weighted by Crippen LogP contribution is -2.11. The van der Waals surface area contributed by atoms with Crippen LogP contribution in [0.15, 0.2) is 35.0 Å². The van der Waals surface area contributed by atoms with Crippen LogP contribution in [-0.2, 0) is 0 Å². The molecule has 2 heterocycles. The molecule has 5 nitrogen and oxygen atoms in total. The number of hydrogen-bond acceptors (Lipinski definition) is 3. The van der Waals surface area contributed by atoms with Crippen molar-refractivity contribution in [2.45, 2.75) is 13.8 Å². The van der Waals surface area contributed by atoms with Crippen LogP contribution in [0.25, 0.3) is 10.9 Å². The zero-order valence-electron chi connectivity index (χ0n) is 10.7. The number of nitrogens with one attached hydrogen (secondary N) is 2. The molecule has 19 heavy (non-hydrogen) atoms. The first-order valence-corrected chi connectivity index (χ1v) is 5.96. The minimum atomic E-state index is -0.206. The SMILES string of the molecule is Cc1noc(NC(=O)c2ccc3[nH]ccc3c2)c1C. The van der Waals surface area contributed by atoms with E-state index in [-0.39, 0.29) is 5.91 Å². The highest BCUT2D eigenvalue weighted by molar-refractivity contribution is 6.05. The fourth-order valence-electron chi connectivity index (χ4n) is 1.90. The lowest BCUT2D eigenvalue weighted by atomic mass is 10.1. The fraction of sp³-hybridized carbons (Fsp3) is 0.143. The Morgan fingerprint density at radius 2 is 2.16 bits per heavy atom. The summed E-state index contributed by atoms with van der Waals surface area (Å²) in [5.41, 5.74) is 3.20. The van der Waals surface area contributed by atoms with Crippen LogP contribution in [-0.4, -0.2) is 16.0 Å². The van der Waals surface area contributed by atoms with E-state index in [1.807, 2.05) is 38.2 Å². The summed E-state index contributed by atoms with van der Waals surface area (Å²) in [7, 11) is 0. The summed E-state index contributed by atoms with van der Waals surface area (Å²) in [5.74, 6) is 0.194. The van der Waals surface area contributed by atoms with Crippen molar-refractivity contribution in [3.8, 4) is 0 Å². The molecule has 0 aliphatic heterocycles. The van der Waals surface area contributed by atoms with Crippen LogP contribution in [0.5, 0.6) is 0 Å². The third-order valence-electron chi connectivity index (χ3n) is 3.20. The standard InChI is InChI=1S/C14H13N3O2/c1-8-9(2)17-19-14(8)16-13(18)11-3-4-12-10(7-11)5-6-15-12/h3-7,15H,1-2H3,(H,16,18). The summed E-state index contributed by atoms with van der Waals surface area (Å²) < 4.78 is 5.07. The van der Waals surface area contributed by atoms with Crippen molar-refractivity contribution in [3.05, 3.63) is 47.3 Å². The maximum Gasteiger partial charge on any atom is 0.258 e. The van der Waals surface area contributed by atoms with Crippen molar-refractivity contribution >= 4 is 22.7 Å². The smallest absolute Gasteiger partial charge is 0.258 e. The van der Waals surface area contributed by atoms with E-state index in [0.29, 0.717) is 11.4 Å². The quantitative estimate of drug-likeness (QED) is 0.739. The van der Waals surface area contributed by atoms with E-state index >= 15 is 0 Å². The molecule has 0 aliphatic carbocycles. The van der Waals surface area contributed by atoms with Gasteiger partial charge in [0.1, 0.15) is 0 Å². The van der Waals surface area contributed by atoms with Crippen molar-refractivity contribution in [2.24, 2.45) is 0 Å². The van der Waals surface area contributed by atoms with Crippen molar-refractivity contribution in [1.82, 2.24) is 10.1 Å². The lowest BCUT2D eigenvalue weighted by molar-refractivity contribution is 0.102. The number of carbonyl (C=O) groups excluding carboxylic acids is 1. The van der Waals surface area contributed by atoms with Gasteiger partial charge in [0, 0.05) is 28.2 Å². The Kier molecular flexibility index (Phi) is 2.59. The molecule has 0 saturated carbocycles. The number of benzene rings is 1. The second-order valence-corrected chi connectivity index (χ2v) is 4.46. The predicted octanol–water partition coefficient (Wildman–Crippen LogP) is 3.03. The van der Waals surface area contributed by atoms with E-state index in [2.05, 4.69) is 15.5 Å². The molecule has 0 radical (unpaired) electrons. The molecular weight excluding hydrogens is 242 g/mol. The van der Waals surface area contributed by atoms with Crippen molar-refractivity contribution in [3.63, 3.8) is 0 Å². The summed E-state index contributed by atoms with van der Waals surface area (Å²) in [5, 5.41) is 7.53. The molecule has 0 unspecified atom stereocenters. The highest BCUT2D eigenvalue weighted by atomic mass is 16.5. The number of H-pyrrole nitrogens is 1. The topological polar surface area (TPSA) is 70.9 Å². The van der Waals surface area contributed by atoms with E-state index in [4.69, 9.17) is 4.52 Å². The first kappa shape index (κ1) is 11.5. The van der Waals surface area contributed by atoms with Crippen LogP contribution >= 0.6 is 0 Å². The number of nitrogens with zero attached hydrogens (tertiary/aromatic N) is 1. The van der Waals surface area contributed by atoms with Gasteiger partial charge in [0.2, 0.25) is 5.88 Å². The van der Waals surface area contributed by atoms with Crippen LogP contribution in [0.2, 0.25) is 0 Å². The highest BCUT2D eigenvalue weighted by Crippen LogP contribution is 2.19. The van der Waals surface area contributed by atoms with Gasteiger partial charge >= 0.3 is 0 Å².